The van der Waals surface area contributed by atoms with E-state index in [2.05, 4.69) is 15.6 Å². The molecule has 0 aliphatic heterocycles. The van der Waals surface area contributed by atoms with Crippen molar-refractivity contribution in [2.24, 2.45) is 11.8 Å². The summed E-state index contributed by atoms with van der Waals surface area (Å²) in [5.41, 5.74) is -1.07. The first-order valence-electron chi connectivity index (χ1n) is 9.26. The van der Waals surface area contributed by atoms with Crippen LogP contribution in [-0.4, -0.2) is 57.1 Å². The molecule has 0 radical (unpaired) electrons. The molecule has 0 aliphatic carbocycles. The third kappa shape index (κ3) is 7.76. The van der Waals surface area contributed by atoms with E-state index in [0.29, 0.717) is 12.2 Å². The minimum atomic E-state index is -1.09. The summed E-state index contributed by atoms with van der Waals surface area (Å²) in [4.78, 5) is 41.4. The van der Waals surface area contributed by atoms with E-state index in [1.54, 1.807) is 32.0 Å². The summed E-state index contributed by atoms with van der Waals surface area (Å²) in [6.45, 7) is 7.01. The minimum Gasteiger partial charge on any atom is -0.376 e. The molecular weight excluding hydrogens is 380 g/mol. The number of hydroxylamine groups is 2. The standard InChI is InChI=1S/C19H30N4O6/c1-12(2)10-13(11-15(24)23(27)28)17(25)22-16(19(3,4)29-5)18(26)21-14-8-6-7-9-20-14/h6-9,12-13,16,27-28H,10-11H2,1-5H3,(H,22,25)(H,20,21,26). The number of rotatable bonds is 10. The Bertz CT molecular complexity index is 693. The van der Waals surface area contributed by atoms with Crippen molar-refractivity contribution in [2.45, 2.75) is 52.2 Å². The maximum Gasteiger partial charge on any atom is 0.273 e. The Morgan fingerprint density at radius 3 is 2.34 bits per heavy atom. The molecule has 0 aromatic carbocycles. The lowest BCUT2D eigenvalue weighted by molar-refractivity contribution is -0.285. The van der Waals surface area contributed by atoms with E-state index in [0.717, 1.165) is 0 Å². The summed E-state index contributed by atoms with van der Waals surface area (Å²) < 4.78 is 5.39. The predicted molar refractivity (Wildman–Crippen MR) is 104 cm³/mol. The fraction of sp³-hybridized carbons (Fsp3) is 0.579. The zero-order chi connectivity index (χ0) is 22.2. The Morgan fingerprint density at radius 1 is 1.21 bits per heavy atom. The lowest BCUT2D eigenvalue weighted by Gasteiger charge is -2.33. The summed E-state index contributed by atoms with van der Waals surface area (Å²) in [5.74, 6) is -2.62. The van der Waals surface area contributed by atoms with Crippen LogP contribution in [-0.2, 0) is 19.1 Å². The number of pyridine rings is 1. The van der Waals surface area contributed by atoms with Crippen LogP contribution in [0.3, 0.4) is 0 Å². The monoisotopic (exact) mass is 410 g/mol. The summed E-state index contributed by atoms with van der Waals surface area (Å²) in [6.07, 6.45) is 1.41. The quantitative estimate of drug-likeness (QED) is 0.339. The molecular formula is C19H30N4O6. The number of methoxy groups -OCH3 is 1. The van der Waals surface area contributed by atoms with Gasteiger partial charge in [0.1, 0.15) is 11.9 Å². The molecule has 0 fully saturated rings. The molecule has 0 saturated carbocycles. The van der Waals surface area contributed by atoms with Crippen LogP contribution in [0.2, 0.25) is 0 Å². The first kappa shape index (κ1) is 24.5. The van der Waals surface area contributed by atoms with Gasteiger partial charge in [0.2, 0.25) is 5.91 Å². The number of anilines is 1. The number of ether oxygens (including phenoxy) is 1. The molecule has 10 nitrogen and oxygen atoms in total. The van der Waals surface area contributed by atoms with Gasteiger partial charge in [-0.1, -0.05) is 25.1 Å². The van der Waals surface area contributed by atoms with E-state index in [9.17, 15) is 14.4 Å². The average Bonchev–Trinajstić information content (AvgIpc) is 2.65. The highest BCUT2D eigenvalue weighted by Crippen LogP contribution is 2.20. The van der Waals surface area contributed by atoms with Gasteiger partial charge in [-0.3, -0.25) is 24.8 Å². The van der Waals surface area contributed by atoms with E-state index in [4.69, 9.17) is 15.2 Å². The molecule has 3 amide bonds. The van der Waals surface area contributed by atoms with Crippen molar-refractivity contribution in [3.05, 3.63) is 24.4 Å². The minimum absolute atomic E-state index is 0.0561. The largest absolute Gasteiger partial charge is 0.376 e. The van der Waals surface area contributed by atoms with Gasteiger partial charge in [-0.15, -0.1) is 0 Å². The Balaban J connectivity index is 3.04. The van der Waals surface area contributed by atoms with Gasteiger partial charge in [0.25, 0.3) is 11.8 Å². The van der Waals surface area contributed by atoms with E-state index in [-0.39, 0.29) is 5.92 Å². The van der Waals surface area contributed by atoms with Crippen molar-refractivity contribution in [1.29, 1.82) is 0 Å². The number of nitrogens with zero attached hydrogens (tertiary/aromatic N) is 2. The highest BCUT2D eigenvalue weighted by molar-refractivity contribution is 5.98. The molecule has 29 heavy (non-hydrogen) atoms. The smallest absolute Gasteiger partial charge is 0.273 e. The van der Waals surface area contributed by atoms with Crippen LogP contribution in [0.4, 0.5) is 5.82 Å². The molecule has 1 aromatic rings. The molecule has 0 saturated heterocycles. The average molecular weight is 410 g/mol. The van der Waals surface area contributed by atoms with Gasteiger partial charge in [-0.25, -0.2) is 4.98 Å². The van der Waals surface area contributed by atoms with Crippen molar-refractivity contribution in [2.75, 3.05) is 12.4 Å². The molecule has 0 aliphatic rings. The second-order valence-electron chi connectivity index (χ2n) is 7.67. The van der Waals surface area contributed by atoms with Crippen molar-refractivity contribution in [3.8, 4) is 0 Å². The van der Waals surface area contributed by atoms with Crippen LogP contribution < -0.4 is 10.6 Å². The molecule has 1 heterocycles. The Morgan fingerprint density at radius 2 is 1.86 bits per heavy atom. The molecule has 1 rings (SSSR count). The Hall–Kier alpha value is -2.56. The number of carbonyl (C=O) groups excluding carboxylic acids is 3. The lowest BCUT2D eigenvalue weighted by atomic mass is 9.91. The van der Waals surface area contributed by atoms with E-state index in [1.165, 1.54) is 13.3 Å². The SMILES string of the molecule is COC(C)(C)C(NC(=O)C(CC(=O)N(O)O)CC(C)C)C(=O)Nc1ccccn1. The van der Waals surface area contributed by atoms with Crippen LogP contribution in [0.1, 0.15) is 40.5 Å². The number of hydrogen-bond donors (Lipinski definition) is 4. The zero-order valence-corrected chi connectivity index (χ0v) is 17.4. The molecule has 0 bridgehead atoms. The highest BCUT2D eigenvalue weighted by Gasteiger charge is 2.38. The molecule has 2 atom stereocenters. The van der Waals surface area contributed by atoms with Crippen molar-refractivity contribution < 1.29 is 29.5 Å². The summed E-state index contributed by atoms with van der Waals surface area (Å²) in [6, 6.07) is 3.92. The predicted octanol–water partition coefficient (Wildman–Crippen LogP) is 1.59. The number of carbonyl (C=O) groups is 3. The fourth-order valence-corrected chi connectivity index (χ4v) is 2.71. The number of aromatic nitrogens is 1. The third-order valence-electron chi connectivity index (χ3n) is 4.46. The van der Waals surface area contributed by atoms with Gasteiger partial charge < -0.3 is 15.4 Å². The van der Waals surface area contributed by atoms with Crippen molar-refractivity contribution in [1.82, 2.24) is 15.5 Å². The molecule has 4 N–H and O–H groups in total. The van der Waals surface area contributed by atoms with E-state index < -0.39 is 46.9 Å². The summed E-state index contributed by atoms with van der Waals surface area (Å²) >= 11 is 0. The molecule has 2 unspecified atom stereocenters. The molecule has 0 spiro atoms. The highest BCUT2D eigenvalue weighted by atomic mass is 16.8. The van der Waals surface area contributed by atoms with Crippen molar-refractivity contribution >= 4 is 23.5 Å². The van der Waals surface area contributed by atoms with Gasteiger partial charge in [-0.2, -0.15) is 0 Å². The Labute approximate surface area is 170 Å². The first-order valence-corrected chi connectivity index (χ1v) is 9.26. The number of amides is 3. The van der Waals surface area contributed by atoms with Gasteiger partial charge in [0, 0.05) is 25.6 Å². The van der Waals surface area contributed by atoms with Crippen LogP contribution in [0.25, 0.3) is 0 Å². The molecule has 1 aromatic heterocycles. The summed E-state index contributed by atoms with van der Waals surface area (Å²) in [5, 5.41) is 22.5. The second kappa shape index (κ2) is 10.8. The first-order chi connectivity index (χ1) is 13.5. The van der Waals surface area contributed by atoms with E-state index >= 15 is 0 Å². The number of nitrogens with one attached hydrogen (secondary N) is 2. The van der Waals surface area contributed by atoms with Gasteiger partial charge in [0.15, 0.2) is 0 Å². The topological polar surface area (TPSA) is 141 Å². The fourth-order valence-electron chi connectivity index (χ4n) is 2.71. The summed E-state index contributed by atoms with van der Waals surface area (Å²) in [7, 11) is 1.41. The third-order valence-corrected chi connectivity index (χ3v) is 4.46. The van der Waals surface area contributed by atoms with Gasteiger partial charge >= 0.3 is 0 Å². The maximum absolute atomic E-state index is 12.9. The van der Waals surface area contributed by atoms with Crippen LogP contribution >= 0.6 is 0 Å². The van der Waals surface area contributed by atoms with Gasteiger partial charge in [-0.05, 0) is 38.3 Å². The maximum atomic E-state index is 12.9. The number of hydrogen-bond acceptors (Lipinski definition) is 7. The van der Waals surface area contributed by atoms with Crippen LogP contribution in [0.5, 0.6) is 0 Å². The molecule has 162 valence electrons. The van der Waals surface area contributed by atoms with Crippen LogP contribution in [0, 0.1) is 11.8 Å². The normalized spacial score (nSPS) is 13.5. The van der Waals surface area contributed by atoms with Crippen LogP contribution in [0.15, 0.2) is 24.4 Å². The Kier molecular flexibility index (Phi) is 9.15. The zero-order valence-electron chi connectivity index (χ0n) is 17.4. The van der Waals surface area contributed by atoms with E-state index in [1.807, 2.05) is 13.8 Å². The van der Waals surface area contributed by atoms with Gasteiger partial charge in [0.05, 0.1) is 5.60 Å². The second-order valence-corrected chi connectivity index (χ2v) is 7.67. The molecule has 10 heteroatoms. The van der Waals surface area contributed by atoms with Crippen molar-refractivity contribution in [3.63, 3.8) is 0 Å². The lowest BCUT2D eigenvalue weighted by Crippen LogP contribution is -2.58.